The number of hydrogen-bond acceptors (Lipinski definition) is 8. The molecule has 0 spiro atoms. The Kier molecular flexibility index (Phi) is 10.2. The van der Waals surface area contributed by atoms with E-state index in [4.69, 9.17) is 14.6 Å². The Morgan fingerprint density at radius 3 is 1.68 bits per heavy atom. The molecule has 0 aliphatic heterocycles. The van der Waals surface area contributed by atoms with E-state index in [1.807, 2.05) is 30.3 Å². The van der Waals surface area contributed by atoms with Crippen molar-refractivity contribution in [1.29, 1.82) is 0 Å². The summed E-state index contributed by atoms with van der Waals surface area (Å²) in [4.78, 5) is 57.9. The van der Waals surface area contributed by atoms with Crippen molar-refractivity contribution in [3.63, 3.8) is 0 Å². The molecule has 4 aromatic rings. The monoisotopic (exact) mass is 598 g/mol. The summed E-state index contributed by atoms with van der Waals surface area (Å²) < 4.78 is 10.4. The normalized spacial score (nSPS) is 10.3. The molecule has 0 heterocycles. The highest BCUT2D eigenvalue weighted by atomic mass is 16.6. The molecule has 13 heteroatoms. The highest BCUT2D eigenvalue weighted by molar-refractivity contribution is 5.95. The van der Waals surface area contributed by atoms with Crippen LogP contribution < -0.4 is 16.0 Å². The molecule has 0 atom stereocenters. The van der Waals surface area contributed by atoms with Crippen molar-refractivity contribution in [3.8, 4) is 0 Å². The molecule has 3 amide bonds. The average Bonchev–Trinajstić information content (AvgIpc) is 3.00. The minimum Gasteiger partial charge on any atom is -0.477 e. The van der Waals surface area contributed by atoms with Gasteiger partial charge in [0.2, 0.25) is 5.91 Å². The van der Waals surface area contributed by atoms with E-state index in [9.17, 15) is 29.3 Å². The predicted molar refractivity (Wildman–Crippen MR) is 159 cm³/mol. The molecule has 0 saturated carbocycles. The zero-order chi connectivity index (χ0) is 31.5. The molecule has 0 aromatic heterocycles. The summed E-state index contributed by atoms with van der Waals surface area (Å²) in [5.74, 6) is -1.65. The molecular weight excluding hydrogens is 572 g/mol. The van der Waals surface area contributed by atoms with Gasteiger partial charge in [0.05, 0.1) is 11.3 Å². The van der Waals surface area contributed by atoms with Gasteiger partial charge >= 0.3 is 18.2 Å². The number of nitrogens with one attached hydrogen (secondary N) is 3. The fourth-order valence-corrected chi connectivity index (χ4v) is 3.90. The standard InChI is InChI=1S/C31H26N4O9/c36-28(16-20-4-2-1-3-5-20)32-23-10-6-21(7-11-23)18-43-30(39)33-24-12-8-22(9-13-24)19-44-31(40)34-25-14-15-27(35(41)42)26(17-25)29(37)38/h1-15,17H,16,18-19H2,(H,32,36)(H,33,39)(H,34,40)(H,37,38). The van der Waals surface area contributed by atoms with Crippen LogP contribution in [-0.4, -0.2) is 34.1 Å². The highest BCUT2D eigenvalue weighted by Gasteiger charge is 2.20. The molecule has 4 aromatic carbocycles. The number of nitro groups is 1. The van der Waals surface area contributed by atoms with Crippen LogP contribution in [0.1, 0.15) is 27.0 Å². The Hall–Kier alpha value is -6.24. The Balaban J connectivity index is 1.18. The molecule has 0 saturated heterocycles. The van der Waals surface area contributed by atoms with E-state index in [0.29, 0.717) is 16.9 Å². The van der Waals surface area contributed by atoms with Crippen molar-refractivity contribution in [2.75, 3.05) is 16.0 Å². The molecular formula is C31H26N4O9. The maximum atomic E-state index is 12.2. The number of amides is 3. The van der Waals surface area contributed by atoms with Gasteiger partial charge in [-0.3, -0.25) is 25.5 Å². The highest BCUT2D eigenvalue weighted by Crippen LogP contribution is 2.23. The van der Waals surface area contributed by atoms with Crippen LogP contribution in [0, 0.1) is 10.1 Å². The van der Waals surface area contributed by atoms with E-state index in [0.717, 1.165) is 23.3 Å². The van der Waals surface area contributed by atoms with Crippen LogP contribution >= 0.6 is 0 Å². The smallest absolute Gasteiger partial charge is 0.411 e. The summed E-state index contributed by atoms with van der Waals surface area (Å²) in [5.41, 5.74) is 2.11. The number of ether oxygens (including phenoxy) is 2. The molecule has 0 aliphatic carbocycles. The van der Waals surface area contributed by atoms with Gasteiger partial charge in [0.1, 0.15) is 18.8 Å². The first-order valence-corrected chi connectivity index (χ1v) is 13.1. The fraction of sp³-hybridized carbons (Fsp3) is 0.0968. The number of nitrogens with zero attached hydrogens (tertiary/aromatic N) is 1. The first-order valence-electron chi connectivity index (χ1n) is 13.1. The molecule has 4 N–H and O–H groups in total. The molecule has 0 unspecified atom stereocenters. The largest absolute Gasteiger partial charge is 0.477 e. The van der Waals surface area contributed by atoms with E-state index in [1.54, 1.807) is 48.5 Å². The van der Waals surface area contributed by atoms with Gasteiger partial charge in [-0.2, -0.15) is 0 Å². The predicted octanol–water partition coefficient (Wildman–Crippen LogP) is 5.97. The van der Waals surface area contributed by atoms with Gasteiger partial charge in [-0.25, -0.2) is 14.4 Å². The SMILES string of the molecule is O=C(Cc1ccccc1)Nc1ccc(COC(=O)Nc2ccc(COC(=O)Nc3ccc([N+](=O)[O-])c(C(=O)O)c3)cc2)cc1. The third-order valence-corrected chi connectivity index (χ3v) is 6.06. The van der Waals surface area contributed by atoms with Crippen LogP contribution in [0.3, 0.4) is 0 Å². The zero-order valence-electron chi connectivity index (χ0n) is 23.0. The first kappa shape index (κ1) is 30.7. The van der Waals surface area contributed by atoms with Gasteiger partial charge in [0, 0.05) is 23.1 Å². The summed E-state index contributed by atoms with van der Waals surface area (Å²) in [6, 6.07) is 25.8. The van der Waals surface area contributed by atoms with Crippen LogP contribution in [-0.2, 0) is 33.9 Å². The molecule has 224 valence electrons. The van der Waals surface area contributed by atoms with Gasteiger partial charge in [-0.15, -0.1) is 0 Å². The minimum absolute atomic E-state index is 0.00777. The number of aromatic carboxylic acids is 1. The Labute approximate surface area is 250 Å². The minimum atomic E-state index is -1.51. The van der Waals surface area contributed by atoms with Crippen molar-refractivity contribution in [3.05, 3.63) is 129 Å². The van der Waals surface area contributed by atoms with E-state index in [-0.39, 0.29) is 31.2 Å². The zero-order valence-corrected chi connectivity index (χ0v) is 23.0. The third-order valence-electron chi connectivity index (χ3n) is 6.06. The quantitative estimate of drug-likeness (QED) is 0.119. The van der Waals surface area contributed by atoms with Crippen LogP contribution in [0.4, 0.5) is 32.3 Å². The molecule has 44 heavy (non-hydrogen) atoms. The molecule has 0 fully saturated rings. The summed E-state index contributed by atoms with van der Waals surface area (Å²) in [6.45, 7) is -0.133. The topological polar surface area (TPSA) is 186 Å². The van der Waals surface area contributed by atoms with E-state index in [2.05, 4.69) is 16.0 Å². The maximum Gasteiger partial charge on any atom is 0.411 e. The van der Waals surface area contributed by atoms with Crippen LogP contribution in [0.15, 0.2) is 97.1 Å². The number of carboxylic acid groups (broad SMARTS) is 1. The van der Waals surface area contributed by atoms with Gasteiger partial charge in [0.25, 0.3) is 5.69 Å². The van der Waals surface area contributed by atoms with Gasteiger partial charge < -0.3 is 19.9 Å². The lowest BCUT2D eigenvalue weighted by atomic mass is 10.1. The number of carbonyl (C=O) groups excluding carboxylic acids is 3. The van der Waals surface area contributed by atoms with Crippen molar-refractivity contribution in [2.24, 2.45) is 0 Å². The van der Waals surface area contributed by atoms with Gasteiger partial charge in [-0.05, 0) is 53.1 Å². The van der Waals surface area contributed by atoms with Crippen molar-refractivity contribution < 1.29 is 38.7 Å². The van der Waals surface area contributed by atoms with Gasteiger partial charge in [0.15, 0.2) is 0 Å². The van der Waals surface area contributed by atoms with Crippen molar-refractivity contribution in [1.82, 2.24) is 0 Å². The molecule has 0 bridgehead atoms. The number of anilines is 3. The third kappa shape index (κ3) is 9.14. The Bertz CT molecular complexity index is 1660. The number of hydrogen-bond donors (Lipinski definition) is 4. The van der Waals surface area contributed by atoms with Crippen LogP contribution in [0.25, 0.3) is 0 Å². The number of rotatable bonds is 11. The van der Waals surface area contributed by atoms with E-state index in [1.165, 1.54) is 6.07 Å². The van der Waals surface area contributed by atoms with Crippen molar-refractivity contribution in [2.45, 2.75) is 19.6 Å². The van der Waals surface area contributed by atoms with Crippen LogP contribution in [0.5, 0.6) is 0 Å². The second-order valence-corrected chi connectivity index (χ2v) is 9.30. The molecule has 4 rings (SSSR count). The fourth-order valence-electron chi connectivity index (χ4n) is 3.90. The van der Waals surface area contributed by atoms with Gasteiger partial charge in [-0.1, -0.05) is 54.6 Å². The number of nitro benzene ring substituents is 1. The number of carbonyl (C=O) groups is 4. The second kappa shape index (κ2) is 14.6. The van der Waals surface area contributed by atoms with E-state index < -0.39 is 34.3 Å². The molecule has 0 aliphatic rings. The van der Waals surface area contributed by atoms with E-state index >= 15 is 0 Å². The second-order valence-electron chi connectivity index (χ2n) is 9.30. The van der Waals surface area contributed by atoms with Crippen LogP contribution in [0.2, 0.25) is 0 Å². The van der Waals surface area contributed by atoms with Crippen molar-refractivity contribution >= 4 is 46.8 Å². The lowest BCUT2D eigenvalue weighted by Gasteiger charge is -2.10. The first-order chi connectivity index (χ1) is 21.2. The maximum absolute atomic E-state index is 12.2. The Morgan fingerprint density at radius 1 is 0.659 bits per heavy atom. The number of carboxylic acids is 1. The number of benzene rings is 4. The molecule has 0 radical (unpaired) electrons. The Morgan fingerprint density at radius 2 is 1.16 bits per heavy atom. The average molecular weight is 599 g/mol. The summed E-state index contributed by atoms with van der Waals surface area (Å²) in [7, 11) is 0. The lowest BCUT2D eigenvalue weighted by Crippen LogP contribution is -2.15. The summed E-state index contributed by atoms with van der Waals surface area (Å²) in [5, 5.41) is 27.9. The summed E-state index contributed by atoms with van der Waals surface area (Å²) >= 11 is 0. The molecule has 13 nitrogen and oxygen atoms in total. The lowest BCUT2D eigenvalue weighted by molar-refractivity contribution is -0.385. The summed E-state index contributed by atoms with van der Waals surface area (Å²) in [6.07, 6.45) is -1.32.